The lowest BCUT2D eigenvalue weighted by Gasteiger charge is -2.07. The molecule has 0 radical (unpaired) electrons. The van der Waals surface area contributed by atoms with Crippen molar-refractivity contribution in [1.29, 1.82) is 0 Å². The summed E-state index contributed by atoms with van der Waals surface area (Å²) in [6.07, 6.45) is 2.52. The van der Waals surface area contributed by atoms with Gasteiger partial charge in [0.05, 0.1) is 16.9 Å². The third kappa shape index (κ3) is 3.36. The van der Waals surface area contributed by atoms with Crippen molar-refractivity contribution in [3.8, 4) is 0 Å². The number of nitrogens with two attached hydrogens (primary N) is 1. The third-order valence-electron chi connectivity index (χ3n) is 3.77. The Morgan fingerprint density at radius 3 is 2.79 bits per heavy atom. The number of carbonyl (C=O) groups excluding carboxylic acids is 1. The number of furan rings is 1. The molecule has 2 aromatic rings. The van der Waals surface area contributed by atoms with Crippen molar-refractivity contribution < 1.29 is 9.21 Å². The van der Waals surface area contributed by atoms with Crippen LogP contribution in [0.1, 0.15) is 41.3 Å². The number of halogens is 3. The van der Waals surface area contributed by atoms with Gasteiger partial charge in [0, 0.05) is 5.92 Å². The number of amides is 1. The zero-order valence-corrected chi connectivity index (χ0v) is 14.8. The van der Waals surface area contributed by atoms with Gasteiger partial charge in [-0.15, -0.1) is 0 Å². The Bertz CT molecular complexity index is 834. The third-order valence-corrected chi connectivity index (χ3v) is 4.90. The van der Waals surface area contributed by atoms with Crippen LogP contribution in [0, 0.1) is 5.92 Å². The van der Waals surface area contributed by atoms with Gasteiger partial charge in [-0.2, -0.15) is 5.10 Å². The van der Waals surface area contributed by atoms with E-state index >= 15 is 0 Å². The highest BCUT2D eigenvalue weighted by molar-refractivity contribution is 6.46. The van der Waals surface area contributed by atoms with Crippen molar-refractivity contribution in [3.05, 3.63) is 44.5 Å². The number of anilines is 1. The molecule has 1 aliphatic carbocycles. The predicted octanol–water partition coefficient (Wildman–Crippen LogP) is 4.10. The number of rotatable bonds is 4. The number of nitrogens with one attached hydrogen (secondary N) is 1. The van der Waals surface area contributed by atoms with E-state index in [4.69, 9.17) is 45.0 Å². The Morgan fingerprint density at radius 2 is 2.12 bits per heavy atom. The van der Waals surface area contributed by atoms with Crippen LogP contribution in [0.5, 0.6) is 0 Å². The molecule has 2 aromatic heterocycles. The maximum Gasteiger partial charge on any atom is 0.291 e. The molecule has 2 atom stereocenters. The van der Waals surface area contributed by atoms with Gasteiger partial charge in [0.2, 0.25) is 0 Å². The van der Waals surface area contributed by atoms with Gasteiger partial charge in [-0.1, -0.05) is 41.7 Å². The number of nitrogen functional groups attached to an aromatic ring is 1. The van der Waals surface area contributed by atoms with Crippen LogP contribution in [-0.4, -0.2) is 17.1 Å². The monoisotopic (exact) mass is 386 g/mol. The topological polar surface area (TPSA) is 93.5 Å². The highest BCUT2D eigenvalue weighted by Crippen LogP contribution is 2.47. The molecule has 1 fully saturated rings. The molecular weight excluding hydrogens is 375 g/mol. The number of pyridine rings is 1. The largest absolute Gasteiger partial charge is 0.460 e. The molecular formula is C15H13Cl3N4O2. The smallest absolute Gasteiger partial charge is 0.291 e. The minimum atomic E-state index is -0.663. The fraction of sp³-hybridized carbons (Fsp3) is 0.267. The second-order valence-corrected chi connectivity index (χ2v) is 6.67. The van der Waals surface area contributed by atoms with Crippen molar-refractivity contribution in [3.63, 3.8) is 0 Å². The lowest BCUT2D eigenvalue weighted by Crippen LogP contribution is -2.20. The fourth-order valence-electron chi connectivity index (χ4n) is 2.24. The van der Waals surface area contributed by atoms with E-state index < -0.39 is 5.91 Å². The number of aromatic nitrogens is 1. The van der Waals surface area contributed by atoms with Crippen molar-refractivity contribution in [2.75, 3.05) is 5.73 Å². The summed E-state index contributed by atoms with van der Waals surface area (Å²) in [5.74, 6) is 1.93. The zero-order valence-electron chi connectivity index (χ0n) is 12.5. The number of hydrogen-bond donors (Lipinski definition) is 2. The number of nitrogens with zero attached hydrogens (tertiary/aromatic N) is 2. The molecule has 2 heterocycles. The Morgan fingerprint density at radius 1 is 1.42 bits per heavy atom. The Labute approximate surface area is 153 Å². The second-order valence-electron chi connectivity index (χ2n) is 5.55. The summed E-state index contributed by atoms with van der Waals surface area (Å²) in [5, 5.41) is 3.63. The summed E-state index contributed by atoms with van der Waals surface area (Å²) in [6.45, 7) is 2.17. The number of carbonyl (C=O) groups is 1. The fourth-order valence-corrected chi connectivity index (χ4v) is 2.84. The van der Waals surface area contributed by atoms with E-state index in [9.17, 15) is 4.79 Å². The minimum absolute atomic E-state index is 0.000799. The van der Waals surface area contributed by atoms with E-state index in [0.29, 0.717) is 17.6 Å². The normalized spacial score (nSPS) is 19.7. The van der Waals surface area contributed by atoms with E-state index in [1.807, 2.05) is 6.07 Å². The van der Waals surface area contributed by atoms with Crippen LogP contribution in [0.4, 0.5) is 5.69 Å². The highest BCUT2D eigenvalue weighted by Gasteiger charge is 2.36. The maximum atomic E-state index is 12.1. The Hall–Kier alpha value is -1.76. The molecule has 3 N–H and O–H groups in total. The molecule has 0 unspecified atom stereocenters. The summed E-state index contributed by atoms with van der Waals surface area (Å²) in [7, 11) is 0. The summed E-state index contributed by atoms with van der Waals surface area (Å²) in [5.41, 5.74) is 7.79. The average molecular weight is 388 g/mol. The van der Waals surface area contributed by atoms with E-state index in [0.717, 1.165) is 12.2 Å². The van der Waals surface area contributed by atoms with E-state index in [-0.39, 0.29) is 26.6 Å². The molecule has 1 aliphatic rings. The van der Waals surface area contributed by atoms with Crippen molar-refractivity contribution in [2.24, 2.45) is 11.0 Å². The lowest BCUT2D eigenvalue weighted by molar-refractivity contribution is 0.0950. The predicted molar refractivity (Wildman–Crippen MR) is 94.0 cm³/mol. The molecule has 3 rings (SSSR count). The van der Waals surface area contributed by atoms with Crippen LogP contribution < -0.4 is 11.2 Å². The maximum absolute atomic E-state index is 12.1. The zero-order chi connectivity index (χ0) is 17.4. The van der Waals surface area contributed by atoms with Gasteiger partial charge in [-0.3, -0.25) is 4.79 Å². The minimum Gasteiger partial charge on any atom is -0.460 e. The van der Waals surface area contributed by atoms with Gasteiger partial charge < -0.3 is 10.2 Å². The van der Waals surface area contributed by atoms with Gasteiger partial charge in [0.25, 0.3) is 5.91 Å². The quantitative estimate of drug-likeness (QED) is 0.469. The van der Waals surface area contributed by atoms with Gasteiger partial charge in [-0.25, -0.2) is 10.4 Å². The first kappa shape index (κ1) is 17.1. The molecule has 24 heavy (non-hydrogen) atoms. The standard InChI is InChI=1S/C15H13Cl3N4O2/c1-6-4-8(6)9-3-2-7(24-9)5-20-22-15(23)13-10(16)12(19)11(17)14(18)21-13/h2-3,5-6,8H,4H2,1H3,(H2,19,21)(H,22,23)/b20-5+/t6-,8+/m0/s1. The SMILES string of the molecule is C[C@H]1C[C@H]1c1ccc(/C=N/NC(=O)c2nc(Cl)c(Cl)c(N)c2Cl)o1. The molecule has 0 spiro atoms. The van der Waals surface area contributed by atoms with Crippen molar-refractivity contribution in [1.82, 2.24) is 10.4 Å². The molecule has 9 heteroatoms. The Kier molecular flexibility index (Phi) is 4.71. The molecule has 6 nitrogen and oxygen atoms in total. The van der Waals surface area contributed by atoms with Gasteiger partial charge in [0.1, 0.15) is 16.5 Å². The lowest BCUT2D eigenvalue weighted by atomic mass is 10.3. The van der Waals surface area contributed by atoms with Crippen LogP contribution in [0.15, 0.2) is 21.7 Å². The van der Waals surface area contributed by atoms with Crippen molar-refractivity contribution >= 4 is 52.6 Å². The van der Waals surface area contributed by atoms with Crippen LogP contribution in [0.3, 0.4) is 0 Å². The molecule has 1 amide bonds. The molecule has 1 saturated carbocycles. The first-order chi connectivity index (χ1) is 11.4. The number of hydrazone groups is 1. The van der Waals surface area contributed by atoms with Crippen LogP contribution >= 0.6 is 34.8 Å². The molecule has 0 aromatic carbocycles. The summed E-state index contributed by atoms with van der Waals surface area (Å²) in [4.78, 5) is 15.9. The first-order valence-electron chi connectivity index (χ1n) is 7.11. The molecule has 0 bridgehead atoms. The summed E-state index contributed by atoms with van der Waals surface area (Å²) >= 11 is 17.6. The highest BCUT2D eigenvalue weighted by atomic mass is 35.5. The number of hydrogen-bond acceptors (Lipinski definition) is 5. The van der Waals surface area contributed by atoms with E-state index in [1.54, 1.807) is 6.07 Å². The van der Waals surface area contributed by atoms with E-state index in [2.05, 4.69) is 22.4 Å². The van der Waals surface area contributed by atoms with Gasteiger partial charge in [0.15, 0.2) is 10.8 Å². The second kappa shape index (κ2) is 6.63. The molecule has 0 saturated heterocycles. The summed E-state index contributed by atoms with van der Waals surface area (Å²) < 4.78 is 5.64. The van der Waals surface area contributed by atoms with Gasteiger partial charge >= 0.3 is 0 Å². The molecule has 0 aliphatic heterocycles. The average Bonchev–Trinajstić information content (AvgIpc) is 3.09. The van der Waals surface area contributed by atoms with Gasteiger partial charge in [-0.05, 0) is 24.5 Å². The van der Waals surface area contributed by atoms with Crippen LogP contribution in [0.2, 0.25) is 15.2 Å². The molecule has 126 valence electrons. The van der Waals surface area contributed by atoms with Crippen molar-refractivity contribution in [2.45, 2.75) is 19.3 Å². The Balaban J connectivity index is 1.68. The van der Waals surface area contributed by atoms with E-state index in [1.165, 1.54) is 6.21 Å². The van der Waals surface area contributed by atoms with Crippen LogP contribution in [0.25, 0.3) is 0 Å². The summed E-state index contributed by atoms with van der Waals surface area (Å²) in [6, 6.07) is 3.70. The first-order valence-corrected chi connectivity index (χ1v) is 8.25. The van der Waals surface area contributed by atoms with Crippen LogP contribution in [-0.2, 0) is 0 Å².